The van der Waals surface area contributed by atoms with Gasteiger partial charge in [-0.3, -0.25) is 4.79 Å². The summed E-state index contributed by atoms with van der Waals surface area (Å²) in [6.07, 6.45) is 4.26. The molecule has 1 fully saturated rings. The van der Waals surface area contributed by atoms with E-state index in [1.807, 2.05) is 0 Å². The summed E-state index contributed by atoms with van der Waals surface area (Å²) in [5.41, 5.74) is 0.485. The molecule has 3 aromatic rings. The summed E-state index contributed by atoms with van der Waals surface area (Å²) >= 11 is 0. The zero-order valence-corrected chi connectivity index (χ0v) is 13.0. The molecular weight excluding hydrogens is 332 g/mol. The summed E-state index contributed by atoms with van der Waals surface area (Å²) in [5.74, 6) is -1.39. The summed E-state index contributed by atoms with van der Waals surface area (Å²) in [5, 5.41) is 3.77. The zero-order valence-electron chi connectivity index (χ0n) is 13.0. The molecule has 3 heterocycles. The van der Waals surface area contributed by atoms with Crippen molar-refractivity contribution in [1.29, 1.82) is 0 Å². The van der Waals surface area contributed by atoms with Crippen LogP contribution in [0, 0.1) is 11.6 Å². The molecule has 0 N–H and O–H groups in total. The van der Waals surface area contributed by atoms with Crippen molar-refractivity contribution >= 4 is 5.91 Å². The predicted octanol–water partition coefficient (Wildman–Crippen LogP) is 3.59. The monoisotopic (exact) mass is 345 g/mol. The van der Waals surface area contributed by atoms with E-state index in [1.165, 1.54) is 18.6 Å². The number of aromatic nitrogens is 2. The molecule has 4 rings (SSSR count). The summed E-state index contributed by atoms with van der Waals surface area (Å²) in [6, 6.07) is 4.34. The molecule has 2 aromatic heterocycles. The first-order chi connectivity index (χ1) is 12.1. The first-order valence-corrected chi connectivity index (χ1v) is 7.75. The topological polar surface area (TPSA) is 72.4 Å². The summed E-state index contributed by atoms with van der Waals surface area (Å²) in [6.45, 7) is 0.553. The van der Waals surface area contributed by atoms with Crippen molar-refractivity contribution in [3.63, 3.8) is 0 Å². The second-order valence-corrected chi connectivity index (χ2v) is 5.75. The van der Waals surface area contributed by atoms with Crippen LogP contribution in [0.1, 0.15) is 35.1 Å². The average Bonchev–Trinajstić information content (AvgIpc) is 3.34. The molecule has 1 aliphatic heterocycles. The molecule has 0 spiro atoms. The fourth-order valence-corrected chi connectivity index (χ4v) is 2.97. The Morgan fingerprint density at radius 1 is 1.28 bits per heavy atom. The van der Waals surface area contributed by atoms with E-state index in [-0.39, 0.29) is 29.2 Å². The molecule has 128 valence electrons. The highest BCUT2D eigenvalue weighted by Crippen LogP contribution is 2.33. The van der Waals surface area contributed by atoms with E-state index in [2.05, 4.69) is 10.1 Å². The van der Waals surface area contributed by atoms with Gasteiger partial charge in [0, 0.05) is 12.6 Å². The van der Waals surface area contributed by atoms with Gasteiger partial charge in [-0.15, -0.1) is 0 Å². The molecule has 1 aliphatic rings. The normalized spacial score (nSPS) is 17.2. The van der Waals surface area contributed by atoms with Crippen molar-refractivity contribution in [1.82, 2.24) is 15.0 Å². The Morgan fingerprint density at radius 3 is 2.92 bits per heavy atom. The largest absolute Gasteiger partial charge is 0.472 e. The lowest BCUT2D eigenvalue weighted by molar-refractivity contribution is 0.0709. The molecule has 0 bridgehead atoms. The molecule has 1 saturated heterocycles. The number of carbonyl (C=O) groups excluding carboxylic acids is 1. The van der Waals surface area contributed by atoms with Crippen LogP contribution in [0.3, 0.4) is 0 Å². The number of nitrogens with zero attached hydrogens (tertiary/aromatic N) is 3. The fraction of sp³-hybridized carbons (Fsp3) is 0.235. The molecule has 0 aliphatic carbocycles. The van der Waals surface area contributed by atoms with Gasteiger partial charge in [-0.25, -0.2) is 8.78 Å². The van der Waals surface area contributed by atoms with Crippen molar-refractivity contribution in [2.24, 2.45) is 0 Å². The Hall–Kier alpha value is -3.03. The first-order valence-electron chi connectivity index (χ1n) is 7.75. The molecule has 1 atom stereocenters. The van der Waals surface area contributed by atoms with Crippen LogP contribution in [0.25, 0.3) is 11.4 Å². The maximum Gasteiger partial charge on any atom is 0.257 e. The molecule has 0 saturated carbocycles. The zero-order chi connectivity index (χ0) is 17.4. The Morgan fingerprint density at radius 2 is 2.16 bits per heavy atom. The highest BCUT2D eigenvalue weighted by molar-refractivity contribution is 5.94. The maximum atomic E-state index is 13.9. The standard InChI is InChI=1S/C17H13F2N3O3/c18-11-3-4-12(13(19)8-11)15-20-16(25-21-15)14-2-1-6-22(14)17(23)10-5-7-24-9-10/h3-5,7-9,14H,1-2,6H2/t14-/m1/s1. The van der Waals surface area contributed by atoms with Gasteiger partial charge in [0.15, 0.2) is 0 Å². The van der Waals surface area contributed by atoms with E-state index in [1.54, 1.807) is 11.0 Å². The highest BCUT2D eigenvalue weighted by Gasteiger charge is 2.35. The van der Waals surface area contributed by atoms with Crippen molar-refractivity contribution in [3.05, 3.63) is 59.9 Å². The summed E-state index contributed by atoms with van der Waals surface area (Å²) in [4.78, 5) is 18.4. The lowest BCUT2D eigenvalue weighted by atomic mass is 10.2. The van der Waals surface area contributed by atoms with Crippen molar-refractivity contribution in [3.8, 4) is 11.4 Å². The van der Waals surface area contributed by atoms with Crippen LogP contribution < -0.4 is 0 Å². The predicted molar refractivity (Wildman–Crippen MR) is 81.4 cm³/mol. The first kappa shape index (κ1) is 15.5. The van der Waals surface area contributed by atoms with Crippen LogP contribution in [0.2, 0.25) is 0 Å². The highest BCUT2D eigenvalue weighted by atomic mass is 19.1. The third-order valence-corrected chi connectivity index (χ3v) is 4.18. The SMILES string of the molecule is O=C(c1ccoc1)N1CCC[C@@H]1c1nc(-c2ccc(F)cc2F)no1. The molecule has 25 heavy (non-hydrogen) atoms. The number of carbonyl (C=O) groups is 1. The molecule has 1 amide bonds. The number of hydrogen-bond acceptors (Lipinski definition) is 5. The second kappa shape index (κ2) is 6.12. The summed E-state index contributed by atoms with van der Waals surface area (Å²) in [7, 11) is 0. The lowest BCUT2D eigenvalue weighted by Gasteiger charge is -2.20. The van der Waals surface area contributed by atoms with Gasteiger partial charge in [0.05, 0.1) is 17.4 Å². The minimum atomic E-state index is -0.773. The average molecular weight is 345 g/mol. The number of hydrogen-bond donors (Lipinski definition) is 0. The van der Waals surface area contributed by atoms with Crippen LogP contribution in [-0.4, -0.2) is 27.5 Å². The van der Waals surface area contributed by atoms with Gasteiger partial charge < -0.3 is 13.8 Å². The Balaban J connectivity index is 1.62. The Labute approximate surface area is 141 Å². The third kappa shape index (κ3) is 2.79. The van der Waals surface area contributed by atoms with Gasteiger partial charge >= 0.3 is 0 Å². The molecule has 1 aromatic carbocycles. The van der Waals surface area contributed by atoms with Gasteiger partial charge in [0.2, 0.25) is 11.7 Å². The van der Waals surface area contributed by atoms with Crippen LogP contribution >= 0.6 is 0 Å². The van der Waals surface area contributed by atoms with Crippen molar-refractivity contribution < 1.29 is 22.5 Å². The number of likely N-dealkylation sites (tertiary alicyclic amines) is 1. The lowest BCUT2D eigenvalue weighted by Crippen LogP contribution is -2.30. The third-order valence-electron chi connectivity index (χ3n) is 4.18. The quantitative estimate of drug-likeness (QED) is 0.725. The minimum Gasteiger partial charge on any atom is -0.472 e. The number of benzene rings is 1. The molecular formula is C17H13F2N3O3. The number of rotatable bonds is 3. The smallest absolute Gasteiger partial charge is 0.257 e. The van der Waals surface area contributed by atoms with E-state index in [4.69, 9.17) is 8.94 Å². The molecule has 8 heteroatoms. The van der Waals surface area contributed by atoms with Gasteiger partial charge in [-0.1, -0.05) is 5.16 Å². The van der Waals surface area contributed by atoms with Gasteiger partial charge in [-0.2, -0.15) is 4.98 Å². The van der Waals surface area contributed by atoms with E-state index in [0.29, 0.717) is 18.5 Å². The van der Waals surface area contributed by atoms with Crippen molar-refractivity contribution in [2.75, 3.05) is 6.54 Å². The number of halogens is 2. The number of furan rings is 1. The van der Waals surface area contributed by atoms with Crippen LogP contribution in [0.5, 0.6) is 0 Å². The fourth-order valence-electron chi connectivity index (χ4n) is 2.97. The van der Waals surface area contributed by atoms with Gasteiger partial charge in [-0.05, 0) is 31.0 Å². The minimum absolute atomic E-state index is 0.0233. The van der Waals surface area contributed by atoms with Crippen LogP contribution in [0.15, 0.2) is 45.7 Å². The van der Waals surface area contributed by atoms with Gasteiger partial charge in [0.25, 0.3) is 5.91 Å². The van der Waals surface area contributed by atoms with E-state index < -0.39 is 11.6 Å². The molecule has 0 unspecified atom stereocenters. The van der Waals surface area contributed by atoms with Crippen LogP contribution in [-0.2, 0) is 0 Å². The van der Waals surface area contributed by atoms with E-state index in [0.717, 1.165) is 18.6 Å². The van der Waals surface area contributed by atoms with Gasteiger partial charge in [0.1, 0.15) is 23.9 Å². The molecule has 6 nitrogen and oxygen atoms in total. The maximum absolute atomic E-state index is 13.9. The molecule has 0 radical (unpaired) electrons. The second-order valence-electron chi connectivity index (χ2n) is 5.75. The van der Waals surface area contributed by atoms with E-state index >= 15 is 0 Å². The number of amides is 1. The summed E-state index contributed by atoms with van der Waals surface area (Å²) < 4.78 is 37.1. The van der Waals surface area contributed by atoms with E-state index in [9.17, 15) is 13.6 Å². The van der Waals surface area contributed by atoms with Crippen molar-refractivity contribution in [2.45, 2.75) is 18.9 Å². The Kier molecular flexibility index (Phi) is 3.79. The Bertz CT molecular complexity index is 908. The van der Waals surface area contributed by atoms with Crippen LogP contribution in [0.4, 0.5) is 8.78 Å².